The molecule has 2 heterocycles. The van der Waals surface area contributed by atoms with E-state index >= 15 is 0 Å². The van der Waals surface area contributed by atoms with Crippen molar-refractivity contribution in [1.82, 2.24) is 31.5 Å². The predicted molar refractivity (Wildman–Crippen MR) is 187 cm³/mol. The SMILES string of the molecule is CC(C)[C@H]1NC(=O)C[C@@H](C(=O)NCCCN2CCCCCC2)NC(=O)c2ccccc2OCCCNC(=O)[C@H](Cc2ccccc2)NC1=O. The van der Waals surface area contributed by atoms with Gasteiger partial charge in [0.1, 0.15) is 23.9 Å². The maximum Gasteiger partial charge on any atom is 0.255 e. The van der Waals surface area contributed by atoms with Crippen LogP contribution in [0.25, 0.3) is 0 Å². The topological polar surface area (TPSA) is 158 Å². The minimum absolute atomic E-state index is 0.207. The lowest BCUT2D eigenvalue weighted by Gasteiger charge is -2.26. The summed E-state index contributed by atoms with van der Waals surface area (Å²) in [6, 6.07) is 13.0. The van der Waals surface area contributed by atoms with Gasteiger partial charge in [-0.25, -0.2) is 0 Å². The highest BCUT2D eigenvalue weighted by Crippen LogP contribution is 2.19. The van der Waals surface area contributed by atoms with Crippen LogP contribution in [0.3, 0.4) is 0 Å². The van der Waals surface area contributed by atoms with Gasteiger partial charge in [-0.05, 0) is 68.9 Å². The van der Waals surface area contributed by atoms with Crippen molar-refractivity contribution in [3.05, 3.63) is 65.7 Å². The van der Waals surface area contributed by atoms with Crippen molar-refractivity contribution < 1.29 is 28.7 Å². The first kappa shape index (κ1) is 37.4. The fourth-order valence-electron chi connectivity index (χ4n) is 6.08. The van der Waals surface area contributed by atoms with E-state index < -0.39 is 48.2 Å². The Labute approximate surface area is 289 Å². The Balaban J connectivity index is 1.52. The Kier molecular flexibility index (Phi) is 14.9. The molecular formula is C37H52N6O6. The molecule has 5 amide bonds. The van der Waals surface area contributed by atoms with Crippen molar-refractivity contribution >= 4 is 29.5 Å². The molecule has 1 saturated heterocycles. The third-order valence-electron chi connectivity index (χ3n) is 8.85. The molecular weight excluding hydrogens is 624 g/mol. The van der Waals surface area contributed by atoms with Crippen LogP contribution in [0.1, 0.15) is 74.7 Å². The first-order valence-corrected chi connectivity index (χ1v) is 17.7. The third kappa shape index (κ3) is 12.2. The first-order valence-electron chi connectivity index (χ1n) is 17.7. The second-order valence-electron chi connectivity index (χ2n) is 13.2. The Bertz CT molecular complexity index is 1390. The maximum absolute atomic E-state index is 13.6. The van der Waals surface area contributed by atoms with Crippen LogP contribution in [-0.4, -0.2) is 91.9 Å². The van der Waals surface area contributed by atoms with E-state index in [-0.39, 0.29) is 37.0 Å². The number of fused-ring (bicyclic) bond motifs is 1. The fraction of sp³-hybridized carbons (Fsp3) is 0.541. The molecule has 12 heteroatoms. The normalized spacial score (nSPS) is 22.1. The highest BCUT2D eigenvalue weighted by atomic mass is 16.5. The molecule has 0 bridgehead atoms. The number of hydrogen-bond acceptors (Lipinski definition) is 7. The number of nitrogens with one attached hydrogen (secondary N) is 5. The summed E-state index contributed by atoms with van der Waals surface area (Å²) in [7, 11) is 0. The van der Waals surface area contributed by atoms with Gasteiger partial charge in [0, 0.05) is 19.5 Å². The number of carbonyl (C=O) groups excluding carboxylic acids is 5. The zero-order valence-corrected chi connectivity index (χ0v) is 28.8. The molecule has 5 N–H and O–H groups in total. The highest BCUT2D eigenvalue weighted by Gasteiger charge is 2.31. The molecule has 2 aliphatic rings. The molecule has 0 aromatic heterocycles. The third-order valence-corrected chi connectivity index (χ3v) is 8.85. The second-order valence-corrected chi connectivity index (χ2v) is 13.2. The maximum atomic E-state index is 13.6. The van der Waals surface area contributed by atoms with E-state index in [9.17, 15) is 24.0 Å². The average molecular weight is 677 g/mol. The molecule has 3 atom stereocenters. The van der Waals surface area contributed by atoms with Gasteiger partial charge < -0.3 is 36.2 Å². The quantitative estimate of drug-likeness (QED) is 0.269. The first-order chi connectivity index (χ1) is 23.7. The van der Waals surface area contributed by atoms with Crippen LogP contribution in [0.15, 0.2) is 54.6 Å². The van der Waals surface area contributed by atoms with Gasteiger partial charge in [0.25, 0.3) is 5.91 Å². The van der Waals surface area contributed by atoms with Gasteiger partial charge in [-0.15, -0.1) is 0 Å². The van der Waals surface area contributed by atoms with Gasteiger partial charge in [-0.1, -0.05) is 69.2 Å². The Morgan fingerprint density at radius 2 is 1.59 bits per heavy atom. The number of carbonyl (C=O) groups is 5. The number of rotatable bonds is 8. The van der Waals surface area contributed by atoms with Gasteiger partial charge in [0.2, 0.25) is 23.6 Å². The van der Waals surface area contributed by atoms with Crippen molar-refractivity contribution in [1.29, 1.82) is 0 Å². The molecule has 0 unspecified atom stereocenters. The van der Waals surface area contributed by atoms with Crippen LogP contribution >= 0.6 is 0 Å². The van der Waals surface area contributed by atoms with Crippen LogP contribution in [-0.2, 0) is 25.6 Å². The van der Waals surface area contributed by atoms with E-state index in [1.54, 1.807) is 38.1 Å². The summed E-state index contributed by atoms with van der Waals surface area (Å²) in [5.41, 5.74) is 1.08. The molecule has 12 nitrogen and oxygen atoms in total. The van der Waals surface area contributed by atoms with E-state index in [1.807, 2.05) is 30.3 Å². The fourth-order valence-corrected chi connectivity index (χ4v) is 6.08. The average Bonchev–Trinajstić information content (AvgIpc) is 3.37. The number of hydrogen-bond donors (Lipinski definition) is 5. The van der Waals surface area contributed by atoms with Gasteiger partial charge in [-0.2, -0.15) is 0 Å². The Hall–Kier alpha value is -4.45. The lowest BCUT2D eigenvalue weighted by molar-refractivity contribution is -0.133. The summed E-state index contributed by atoms with van der Waals surface area (Å²) in [6.07, 6.45) is 5.89. The molecule has 49 heavy (non-hydrogen) atoms. The lowest BCUT2D eigenvalue weighted by atomic mass is 10.0. The van der Waals surface area contributed by atoms with Crippen molar-refractivity contribution in [3.8, 4) is 5.75 Å². The summed E-state index contributed by atoms with van der Waals surface area (Å²) in [4.78, 5) is 69.8. The van der Waals surface area contributed by atoms with Gasteiger partial charge in [0.05, 0.1) is 18.6 Å². The number of nitrogens with zero attached hydrogens (tertiary/aromatic N) is 1. The molecule has 2 aromatic rings. The zero-order valence-electron chi connectivity index (χ0n) is 28.8. The van der Waals surface area contributed by atoms with Gasteiger partial charge in [-0.3, -0.25) is 24.0 Å². The summed E-state index contributed by atoms with van der Waals surface area (Å²) in [5, 5.41) is 14.1. The molecule has 0 saturated carbocycles. The molecule has 0 radical (unpaired) electrons. The lowest BCUT2D eigenvalue weighted by Crippen LogP contribution is -2.57. The van der Waals surface area contributed by atoms with Crippen molar-refractivity contribution in [2.75, 3.05) is 39.3 Å². The smallest absolute Gasteiger partial charge is 0.255 e. The van der Waals surface area contributed by atoms with Crippen LogP contribution < -0.4 is 31.3 Å². The molecule has 0 aliphatic carbocycles. The molecule has 2 aromatic carbocycles. The molecule has 1 fully saturated rings. The number of para-hydroxylation sites is 1. The zero-order chi connectivity index (χ0) is 35.0. The van der Waals surface area contributed by atoms with Crippen LogP contribution in [0.5, 0.6) is 5.75 Å². The van der Waals surface area contributed by atoms with E-state index in [1.165, 1.54) is 25.7 Å². The van der Waals surface area contributed by atoms with E-state index in [0.29, 0.717) is 18.7 Å². The van der Waals surface area contributed by atoms with Crippen molar-refractivity contribution in [3.63, 3.8) is 0 Å². The molecule has 2 aliphatic heterocycles. The predicted octanol–water partition coefficient (Wildman–Crippen LogP) is 2.32. The van der Waals surface area contributed by atoms with Crippen LogP contribution in [0.2, 0.25) is 0 Å². The van der Waals surface area contributed by atoms with Crippen LogP contribution in [0.4, 0.5) is 0 Å². The summed E-state index contributed by atoms with van der Waals surface area (Å²) < 4.78 is 5.92. The monoisotopic (exact) mass is 676 g/mol. The molecule has 266 valence electrons. The standard InChI is InChI=1S/C37H52N6O6/c1-26(2)33-37(48)41-29(24-27-14-6-5-7-15-27)35(46)39-19-13-23-49-31-17-9-8-16-28(31)34(45)40-30(25-32(44)42-33)36(47)38-18-12-22-43-20-10-3-4-11-21-43/h5-9,14-17,26,29-30,33H,3-4,10-13,18-25H2,1-2H3,(H,38,47)(H,39,46)(H,40,45)(H,41,48)(H,42,44)/t29-,30-,33+/m0/s1. The minimum atomic E-state index is -1.20. The summed E-state index contributed by atoms with van der Waals surface area (Å²) in [6.45, 7) is 7.42. The number of ether oxygens (including phenoxy) is 1. The number of amides is 5. The number of benzene rings is 2. The molecule has 0 spiro atoms. The second kappa shape index (κ2) is 19.5. The molecule has 4 rings (SSSR count). The van der Waals surface area contributed by atoms with E-state index in [2.05, 4.69) is 31.5 Å². The van der Waals surface area contributed by atoms with Gasteiger partial charge >= 0.3 is 0 Å². The van der Waals surface area contributed by atoms with E-state index in [4.69, 9.17) is 4.74 Å². The number of likely N-dealkylation sites (tertiary alicyclic amines) is 1. The van der Waals surface area contributed by atoms with Crippen molar-refractivity contribution in [2.45, 2.75) is 83.3 Å². The van der Waals surface area contributed by atoms with Gasteiger partial charge in [0.15, 0.2) is 0 Å². The minimum Gasteiger partial charge on any atom is -0.493 e. The Morgan fingerprint density at radius 3 is 2.33 bits per heavy atom. The summed E-state index contributed by atoms with van der Waals surface area (Å²) >= 11 is 0. The van der Waals surface area contributed by atoms with E-state index in [0.717, 1.165) is 31.6 Å². The highest BCUT2D eigenvalue weighted by molar-refractivity contribution is 6.01. The summed E-state index contributed by atoms with van der Waals surface area (Å²) in [5.74, 6) is -2.53. The largest absolute Gasteiger partial charge is 0.493 e. The Morgan fingerprint density at radius 1 is 0.878 bits per heavy atom. The van der Waals surface area contributed by atoms with Crippen molar-refractivity contribution in [2.24, 2.45) is 5.92 Å². The van der Waals surface area contributed by atoms with Crippen LogP contribution in [0, 0.1) is 5.92 Å².